The van der Waals surface area contributed by atoms with Crippen LogP contribution >= 0.6 is 0 Å². The van der Waals surface area contributed by atoms with Gasteiger partial charge in [-0.05, 0) is 37.5 Å². The minimum Gasteiger partial charge on any atom is -0.459 e. The van der Waals surface area contributed by atoms with Gasteiger partial charge in [-0.25, -0.2) is 0 Å². The van der Waals surface area contributed by atoms with Crippen LogP contribution in [0.5, 0.6) is 0 Å². The molecule has 1 N–H and O–H groups in total. The highest BCUT2D eigenvalue weighted by atomic mass is 16.6. The van der Waals surface area contributed by atoms with Crippen LogP contribution < -0.4 is 0 Å². The molecule has 0 radical (unpaired) electrons. The summed E-state index contributed by atoms with van der Waals surface area (Å²) in [5.41, 5.74) is -2.53. The molecule has 2 aliphatic carbocycles. The molecule has 7 atom stereocenters. The highest BCUT2D eigenvalue weighted by molar-refractivity contribution is 5.85. The van der Waals surface area contributed by atoms with E-state index in [1.165, 1.54) is 6.92 Å². The maximum absolute atomic E-state index is 13.4. The molecule has 5 nitrogen and oxygen atoms in total. The van der Waals surface area contributed by atoms with Crippen molar-refractivity contribution >= 4 is 11.8 Å². The number of aliphatic hydroxyl groups is 1. The number of esters is 1. The molecule has 5 heteroatoms. The van der Waals surface area contributed by atoms with Crippen molar-refractivity contribution < 1.29 is 24.2 Å². The third kappa shape index (κ3) is 2.89. The Morgan fingerprint density at radius 2 is 1.89 bits per heavy atom. The van der Waals surface area contributed by atoms with Gasteiger partial charge in [0.1, 0.15) is 23.6 Å². The second-order valence-corrected chi connectivity index (χ2v) is 10.2. The van der Waals surface area contributed by atoms with E-state index in [9.17, 15) is 14.7 Å². The number of carbonyl (C=O) groups excluding carboxylic acids is 2. The van der Waals surface area contributed by atoms with Crippen LogP contribution in [-0.2, 0) is 19.1 Å². The molecule has 152 valence electrons. The quantitative estimate of drug-likeness (QED) is 0.589. The van der Waals surface area contributed by atoms with Gasteiger partial charge in [0.05, 0.1) is 11.5 Å². The summed E-state index contributed by atoms with van der Waals surface area (Å²) >= 11 is 0. The third-order valence-electron chi connectivity index (χ3n) is 7.58. The van der Waals surface area contributed by atoms with Gasteiger partial charge in [-0.3, -0.25) is 9.59 Å². The fraction of sp³-hybridized carbons (Fsp3) is 0.818. The lowest BCUT2D eigenvalue weighted by Gasteiger charge is -2.67. The second-order valence-electron chi connectivity index (χ2n) is 10.2. The van der Waals surface area contributed by atoms with Crippen LogP contribution in [0, 0.1) is 22.7 Å². The van der Waals surface area contributed by atoms with Gasteiger partial charge < -0.3 is 14.6 Å². The van der Waals surface area contributed by atoms with Crippen molar-refractivity contribution in [2.75, 3.05) is 0 Å². The molecule has 0 aromatic carbocycles. The molecule has 1 aliphatic heterocycles. The molecule has 0 bridgehead atoms. The highest BCUT2D eigenvalue weighted by Gasteiger charge is 2.71. The Kier molecular flexibility index (Phi) is 4.68. The van der Waals surface area contributed by atoms with Gasteiger partial charge in [0, 0.05) is 19.3 Å². The second kappa shape index (κ2) is 6.15. The van der Waals surface area contributed by atoms with Crippen LogP contribution in [0.25, 0.3) is 0 Å². The number of rotatable bonds is 2. The lowest BCUT2D eigenvalue weighted by atomic mass is 9.42. The van der Waals surface area contributed by atoms with Crippen molar-refractivity contribution in [1.82, 2.24) is 0 Å². The maximum atomic E-state index is 13.4. The number of Topliss-reactive ketones (excluding diaryl/α,β-unsaturated/α-hetero) is 1. The van der Waals surface area contributed by atoms with Gasteiger partial charge in [-0.15, -0.1) is 6.58 Å². The van der Waals surface area contributed by atoms with E-state index in [0.717, 1.165) is 19.3 Å². The lowest BCUT2D eigenvalue weighted by molar-refractivity contribution is -0.306. The Balaban J connectivity index is 2.19. The van der Waals surface area contributed by atoms with E-state index in [1.54, 1.807) is 13.0 Å². The van der Waals surface area contributed by atoms with Crippen molar-refractivity contribution in [3.05, 3.63) is 12.7 Å². The molecule has 1 heterocycles. The molecular formula is C22H34O5. The minimum absolute atomic E-state index is 0.108. The van der Waals surface area contributed by atoms with Crippen LogP contribution in [0.1, 0.15) is 67.2 Å². The molecule has 1 saturated heterocycles. The predicted octanol–water partition coefficient (Wildman–Crippen LogP) is 3.43. The van der Waals surface area contributed by atoms with E-state index >= 15 is 0 Å². The van der Waals surface area contributed by atoms with E-state index in [1.807, 2.05) is 6.92 Å². The first-order valence-electron chi connectivity index (χ1n) is 10.0. The smallest absolute Gasteiger partial charge is 0.303 e. The lowest BCUT2D eigenvalue weighted by Crippen LogP contribution is -2.75. The number of ether oxygens (including phenoxy) is 2. The minimum atomic E-state index is -1.13. The summed E-state index contributed by atoms with van der Waals surface area (Å²) in [5.74, 6) is -0.865. The number of hydrogen-bond acceptors (Lipinski definition) is 5. The number of carbonyl (C=O) groups is 2. The zero-order valence-electron chi connectivity index (χ0n) is 17.5. The van der Waals surface area contributed by atoms with E-state index in [4.69, 9.17) is 9.47 Å². The van der Waals surface area contributed by atoms with Crippen LogP contribution in [0.2, 0.25) is 0 Å². The van der Waals surface area contributed by atoms with Gasteiger partial charge in [0.15, 0.2) is 0 Å². The molecule has 27 heavy (non-hydrogen) atoms. The Bertz CT molecular complexity index is 670. The zero-order valence-corrected chi connectivity index (χ0v) is 17.5. The summed E-state index contributed by atoms with van der Waals surface area (Å²) in [5, 5.41) is 11.4. The van der Waals surface area contributed by atoms with E-state index in [0.29, 0.717) is 0 Å². The van der Waals surface area contributed by atoms with Gasteiger partial charge >= 0.3 is 5.97 Å². The molecule has 3 fully saturated rings. The number of ketones is 1. The number of fused-ring (bicyclic) bond motifs is 3. The molecule has 0 amide bonds. The summed E-state index contributed by atoms with van der Waals surface area (Å²) in [6.45, 7) is 15.3. The Morgan fingerprint density at radius 3 is 2.44 bits per heavy atom. The Morgan fingerprint density at radius 1 is 1.26 bits per heavy atom. The third-order valence-corrected chi connectivity index (χ3v) is 7.58. The van der Waals surface area contributed by atoms with Crippen LogP contribution in [0.3, 0.4) is 0 Å². The predicted molar refractivity (Wildman–Crippen MR) is 102 cm³/mol. The molecule has 3 aliphatic rings. The summed E-state index contributed by atoms with van der Waals surface area (Å²) in [6, 6.07) is 0. The van der Waals surface area contributed by atoms with E-state index < -0.39 is 40.7 Å². The van der Waals surface area contributed by atoms with Gasteiger partial charge in [0.25, 0.3) is 0 Å². The monoisotopic (exact) mass is 378 g/mol. The van der Waals surface area contributed by atoms with Crippen molar-refractivity contribution in [2.45, 2.75) is 90.6 Å². The average molecular weight is 379 g/mol. The fourth-order valence-corrected chi connectivity index (χ4v) is 6.84. The largest absolute Gasteiger partial charge is 0.459 e. The van der Waals surface area contributed by atoms with Gasteiger partial charge in [0.2, 0.25) is 0 Å². The zero-order chi connectivity index (χ0) is 20.4. The van der Waals surface area contributed by atoms with E-state index in [-0.39, 0.29) is 23.5 Å². The van der Waals surface area contributed by atoms with Gasteiger partial charge in [-0.1, -0.05) is 33.3 Å². The first-order valence-corrected chi connectivity index (χ1v) is 10.0. The standard InChI is InChI=1S/C22H34O5/c1-8-20(5)12-14(24)16-21(6)11-9-10-19(3,4)17(21)15(26-13(2)23)18(25)22(16,7)27-20/h8,15-18,25H,1,9-12H2,2-7H3/t15-,16+,17-,18-,20-,21+,22-/m0/s1. The summed E-state index contributed by atoms with van der Waals surface area (Å²) < 4.78 is 12.1. The van der Waals surface area contributed by atoms with Crippen LogP contribution in [0.4, 0.5) is 0 Å². The average Bonchev–Trinajstić information content (AvgIpc) is 2.49. The molecule has 2 saturated carbocycles. The van der Waals surface area contributed by atoms with E-state index in [2.05, 4.69) is 27.4 Å². The normalized spacial score (nSPS) is 48.9. The van der Waals surface area contributed by atoms with Crippen molar-refractivity contribution in [2.24, 2.45) is 22.7 Å². The molecule has 0 aromatic rings. The first kappa shape index (κ1) is 20.5. The maximum Gasteiger partial charge on any atom is 0.303 e. The molecule has 0 spiro atoms. The molecule has 0 aromatic heterocycles. The summed E-state index contributed by atoms with van der Waals surface area (Å²) in [4.78, 5) is 25.3. The van der Waals surface area contributed by atoms with Crippen LogP contribution in [-0.4, -0.2) is 40.3 Å². The highest BCUT2D eigenvalue weighted by Crippen LogP contribution is 2.65. The molecule has 3 rings (SSSR count). The van der Waals surface area contributed by atoms with Crippen molar-refractivity contribution in [3.8, 4) is 0 Å². The first-order chi connectivity index (χ1) is 12.3. The van der Waals surface area contributed by atoms with Crippen LogP contribution in [0.15, 0.2) is 12.7 Å². The number of aliphatic hydroxyl groups excluding tert-OH is 1. The van der Waals surface area contributed by atoms with Crippen molar-refractivity contribution in [1.29, 1.82) is 0 Å². The number of hydrogen-bond donors (Lipinski definition) is 1. The Hall–Kier alpha value is -1.20. The fourth-order valence-electron chi connectivity index (χ4n) is 6.84. The summed E-state index contributed by atoms with van der Waals surface area (Å²) in [7, 11) is 0. The topological polar surface area (TPSA) is 72.8 Å². The Labute approximate surface area is 162 Å². The molecular weight excluding hydrogens is 344 g/mol. The van der Waals surface area contributed by atoms with Gasteiger partial charge in [-0.2, -0.15) is 0 Å². The van der Waals surface area contributed by atoms with Crippen molar-refractivity contribution in [3.63, 3.8) is 0 Å². The summed E-state index contributed by atoms with van der Waals surface area (Å²) in [6.07, 6.45) is 2.94. The molecule has 0 unspecified atom stereocenters. The SMILES string of the molecule is C=C[C@@]1(C)CC(=O)[C@@H]2[C@@]3(C)CCCC(C)(C)[C@@H]3[C@H](OC(C)=O)[C@H](O)[C@@]2(C)O1.